The molecule has 0 aliphatic rings. The number of fused-ring (bicyclic) bond motifs is 1. The van der Waals surface area contributed by atoms with Crippen LogP contribution < -0.4 is 19.1 Å². The second-order valence-corrected chi connectivity index (χ2v) is 5.80. The largest absolute Gasteiger partial charge is 0.496 e. The molecule has 0 N–H and O–H groups in total. The summed E-state index contributed by atoms with van der Waals surface area (Å²) < 4.78 is 16.0. The standard InChI is InChI=1S/C21H21NO4/c1-22(16-10-9-14-7-5-6-8-15(14)11-16)21(23)17-12-19(25-3)20(26-4)13-18(17)24-2/h5-13H,1-4H3. The Kier molecular flexibility index (Phi) is 4.98. The molecular weight excluding hydrogens is 330 g/mol. The number of benzene rings is 3. The lowest BCUT2D eigenvalue weighted by Gasteiger charge is -2.20. The van der Waals surface area contributed by atoms with Gasteiger partial charge in [-0.25, -0.2) is 0 Å². The Morgan fingerprint density at radius 2 is 1.38 bits per heavy atom. The van der Waals surface area contributed by atoms with E-state index in [1.54, 1.807) is 31.2 Å². The monoisotopic (exact) mass is 351 g/mol. The molecule has 3 aromatic carbocycles. The fourth-order valence-electron chi connectivity index (χ4n) is 2.88. The van der Waals surface area contributed by atoms with Crippen LogP contribution in [0, 0.1) is 0 Å². The Bertz CT molecular complexity index is 952. The molecule has 0 saturated heterocycles. The first kappa shape index (κ1) is 17.6. The van der Waals surface area contributed by atoms with Crippen LogP contribution in [0.25, 0.3) is 10.8 Å². The average molecular weight is 351 g/mol. The number of amides is 1. The van der Waals surface area contributed by atoms with Crippen molar-refractivity contribution in [3.63, 3.8) is 0 Å². The van der Waals surface area contributed by atoms with Gasteiger partial charge in [0.2, 0.25) is 0 Å². The van der Waals surface area contributed by atoms with Gasteiger partial charge in [-0.3, -0.25) is 4.79 Å². The maximum absolute atomic E-state index is 13.1. The molecule has 0 fully saturated rings. The van der Waals surface area contributed by atoms with Crippen LogP contribution in [0.3, 0.4) is 0 Å². The third-order valence-electron chi connectivity index (χ3n) is 4.36. The Morgan fingerprint density at radius 3 is 2.04 bits per heavy atom. The highest BCUT2D eigenvalue weighted by Gasteiger charge is 2.21. The van der Waals surface area contributed by atoms with E-state index in [2.05, 4.69) is 0 Å². The van der Waals surface area contributed by atoms with E-state index in [0.717, 1.165) is 16.5 Å². The first-order valence-corrected chi connectivity index (χ1v) is 8.16. The van der Waals surface area contributed by atoms with E-state index < -0.39 is 0 Å². The molecule has 0 aromatic heterocycles. The molecule has 0 radical (unpaired) electrons. The highest BCUT2D eigenvalue weighted by Crippen LogP contribution is 2.35. The summed E-state index contributed by atoms with van der Waals surface area (Å²) in [5.41, 5.74) is 1.20. The van der Waals surface area contributed by atoms with Crippen LogP contribution in [-0.4, -0.2) is 34.3 Å². The van der Waals surface area contributed by atoms with Crippen molar-refractivity contribution in [2.45, 2.75) is 0 Å². The summed E-state index contributed by atoms with van der Waals surface area (Å²) >= 11 is 0. The van der Waals surface area contributed by atoms with Gasteiger partial charge in [-0.2, -0.15) is 0 Å². The van der Waals surface area contributed by atoms with Gasteiger partial charge in [-0.1, -0.05) is 30.3 Å². The van der Waals surface area contributed by atoms with E-state index in [-0.39, 0.29) is 5.91 Å². The van der Waals surface area contributed by atoms with Crippen molar-refractivity contribution >= 4 is 22.4 Å². The molecule has 1 amide bonds. The van der Waals surface area contributed by atoms with Crippen LogP contribution >= 0.6 is 0 Å². The van der Waals surface area contributed by atoms with E-state index in [4.69, 9.17) is 14.2 Å². The third-order valence-corrected chi connectivity index (χ3v) is 4.36. The lowest BCUT2D eigenvalue weighted by atomic mass is 10.1. The molecule has 5 heteroatoms. The molecule has 0 heterocycles. The smallest absolute Gasteiger partial charge is 0.261 e. The van der Waals surface area contributed by atoms with Gasteiger partial charge in [-0.05, 0) is 22.9 Å². The van der Waals surface area contributed by atoms with Gasteiger partial charge in [-0.15, -0.1) is 0 Å². The summed E-state index contributed by atoms with van der Waals surface area (Å²) in [4.78, 5) is 14.7. The van der Waals surface area contributed by atoms with Crippen molar-refractivity contribution in [1.82, 2.24) is 0 Å². The normalized spacial score (nSPS) is 10.5. The zero-order valence-corrected chi connectivity index (χ0v) is 15.3. The van der Waals surface area contributed by atoms with E-state index in [0.29, 0.717) is 22.8 Å². The van der Waals surface area contributed by atoms with Crippen LogP contribution in [0.2, 0.25) is 0 Å². The summed E-state index contributed by atoms with van der Waals surface area (Å²) in [6.45, 7) is 0. The number of nitrogens with zero attached hydrogens (tertiary/aromatic N) is 1. The van der Waals surface area contributed by atoms with Gasteiger partial charge in [0.1, 0.15) is 5.75 Å². The zero-order chi connectivity index (χ0) is 18.7. The van der Waals surface area contributed by atoms with Crippen molar-refractivity contribution in [3.05, 3.63) is 60.2 Å². The quantitative estimate of drug-likeness (QED) is 0.693. The molecule has 3 aromatic rings. The fraction of sp³-hybridized carbons (Fsp3) is 0.190. The summed E-state index contributed by atoms with van der Waals surface area (Å²) in [5, 5.41) is 2.20. The van der Waals surface area contributed by atoms with Crippen LogP contribution in [0.15, 0.2) is 54.6 Å². The summed E-state index contributed by atoms with van der Waals surface area (Å²) in [5.74, 6) is 1.22. The lowest BCUT2D eigenvalue weighted by Crippen LogP contribution is -2.26. The molecule has 0 spiro atoms. The molecule has 0 unspecified atom stereocenters. The van der Waals surface area contributed by atoms with Crippen LogP contribution in [0.4, 0.5) is 5.69 Å². The molecule has 0 aliphatic carbocycles. The van der Waals surface area contributed by atoms with Crippen LogP contribution in [-0.2, 0) is 0 Å². The summed E-state index contributed by atoms with van der Waals surface area (Å²) in [6.07, 6.45) is 0. The number of rotatable bonds is 5. The number of ether oxygens (including phenoxy) is 3. The first-order chi connectivity index (χ1) is 12.6. The van der Waals surface area contributed by atoms with Gasteiger partial charge < -0.3 is 19.1 Å². The van der Waals surface area contributed by atoms with Gasteiger partial charge in [0.05, 0.1) is 26.9 Å². The van der Waals surface area contributed by atoms with Crippen LogP contribution in [0.1, 0.15) is 10.4 Å². The molecule has 0 bridgehead atoms. The SMILES string of the molecule is COc1cc(OC)c(C(=O)N(C)c2ccc3ccccc3c2)cc1OC. The molecule has 3 rings (SSSR count). The van der Waals surface area contributed by atoms with E-state index in [9.17, 15) is 4.79 Å². The molecule has 0 saturated carbocycles. The fourth-order valence-corrected chi connectivity index (χ4v) is 2.88. The average Bonchev–Trinajstić information content (AvgIpc) is 2.71. The number of anilines is 1. The second kappa shape index (κ2) is 7.35. The van der Waals surface area contributed by atoms with E-state index >= 15 is 0 Å². The minimum Gasteiger partial charge on any atom is -0.496 e. The maximum atomic E-state index is 13.1. The highest BCUT2D eigenvalue weighted by atomic mass is 16.5. The predicted octanol–water partition coefficient (Wildman–Crippen LogP) is 4.14. The Labute approximate surface area is 152 Å². The van der Waals surface area contributed by atoms with Gasteiger partial charge in [0.15, 0.2) is 11.5 Å². The lowest BCUT2D eigenvalue weighted by molar-refractivity contribution is 0.0989. The Balaban J connectivity index is 2.01. The number of methoxy groups -OCH3 is 3. The third kappa shape index (κ3) is 3.16. The number of carbonyl (C=O) groups excluding carboxylic acids is 1. The van der Waals surface area contributed by atoms with Gasteiger partial charge in [0.25, 0.3) is 5.91 Å². The Morgan fingerprint density at radius 1 is 0.769 bits per heavy atom. The number of hydrogen-bond donors (Lipinski definition) is 0. The molecule has 0 aliphatic heterocycles. The van der Waals surface area contributed by atoms with Gasteiger partial charge in [0, 0.05) is 24.9 Å². The number of carbonyl (C=O) groups is 1. The number of hydrogen-bond acceptors (Lipinski definition) is 4. The van der Waals surface area contributed by atoms with Crippen molar-refractivity contribution in [1.29, 1.82) is 0 Å². The van der Waals surface area contributed by atoms with Crippen molar-refractivity contribution in [3.8, 4) is 17.2 Å². The Hall–Kier alpha value is -3.21. The zero-order valence-electron chi connectivity index (χ0n) is 15.3. The van der Waals surface area contributed by atoms with Crippen molar-refractivity contribution in [2.24, 2.45) is 0 Å². The van der Waals surface area contributed by atoms with Gasteiger partial charge >= 0.3 is 0 Å². The molecule has 26 heavy (non-hydrogen) atoms. The van der Waals surface area contributed by atoms with Crippen LogP contribution in [0.5, 0.6) is 17.2 Å². The molecule has 5 nitrogen and oxygen atoms in total. The minimum absolute atomic E-state index is 0.196. The topological polar surface area (TPSA) is 48.0 Å². The highest BCUT2D eigenvalue weighted by molar-refractivity contribution is 6.08. The molecular formula is C21H21NO4. The van der Waals surface area contributed by atoms with Crippen molar-refractivity contribution < 1.29 is 19.0 Å². The first-order valence-electron chi connectivity index (χ1n) is 8.16. The van der Waals surface area contributed by atoms with E-state index in [1.807, 2.05) is 42.5 Å². The molecule has 0 atom stereocenters. The second-order valence-electron chi connectivity index (χ2n) is 5.80. The van der Waals surface area contributed by atoms with E-state index in [1.165, 1.54) is 14.2 Å². The summed E-state index contributed by atoms with van der Waals surface area (Å²) in [6, 6.07) is 17.2. The minimum atomic E-state index is -0.196. The maximum Gasteiger partial charge on any atom is 0.261 e. The van der Waals surface area contributed by atoms with Crippen molar-refractivity contribution in [2.75, 3.05) is 33.3 Å². The predicted molar refractivity (Wildman–Crippen MR) is 103 cm³/mol. The molecule has 134 valence electrons. The summed E-state index contributed by atoms with van der Waals surface area (Å²) in [7, 11) is 6.34.